The number of hydrogen-bond donors (Lipinski definition) is 1. The molecule has 3 rings (SSSR count). The maximum Gasteiger partial charge on any atom is 0.281 e. The van der Waals surface area contributed by atoms with Crippen LogP contribution < -0.4 is 5.43 Å². The van der Waals surface area contributed by atoms with Crippen molar-refractivity contribution < 1.29 is 26.7 Å². The van der Waals surface area contributed by atoms with Gasteiger partial charge in [-0.05, 0) is 36.8 Å². The van der Waals surface area contributed by atoms with Gasteiger partial charge in [0.1, 0.15) is 0 Å². The van der Waals surface area contributed by atoms with Crippen LogP contribution in [0.5, 0.6) is 0 Å². The fourth-order valence-electron chi connectivity index (χ4n) is 3.01. The highest BCUT2D eigenvalue weighted by Crippen LogP contribution is 2.33. The van der Waals surface area contributed by atoms with Crippen LogP contribution in [-0.4, -0.2) is 12.1 Å². The summed E-state index contributed by atoms with van der Waals surface area (Å²) >= 11 is 1.31. The Bertz CT molecular complexity index is 896. The number of fused-ring (bicyclic) bond motifs is 1. The van der Waals surface area contributed by atoms with Gasteiger partial charge in [-0.3, -0.25) is 4.79 Å². The van der Waals surface area contributed by atoms with E-state index in [9.17, 15) is 26.7 Å². The molecule has 0 fully saturated rings. The van der Waals surface area contributed by atoms with Gasteiger partial charge in [-0.2, -0.15) is 5.10 Å². The molecule has 9 heteroatoms. The average Bonchev–Trinajstić information content (AvgIpc) is 3.10. The minimum atomic E-state index is -2.25. The van der Waals surface area contributed by atoms with Crippen molar-refractivity contribution in [2.75, 3.05) is 0 Å². The smallest absolute Gasteiger partial charge is 0.266 e. The number of aryl methyl sites for hydroxylation is 1. The lowest BCUT2D eigenvalue weighted by atomic mass is 9.87. The van der Waals surface area contributed by atoms with Crippen molar-refractivity contribution in [3.63, 3.8) is 0 Å². The van der Waals surface area contributed by atoms with Crippen LogP contribution in [0, 0.1) is 35.0 Å². The molecule has 1 amide bonds. The Kier molecular flexibility index (Phi) is 5.59. The number of halogens is 5. The van der Waals surface area contributed by atoms with E-state index in [-0.39, 0.29) is 0 Å². The average molecular weight is 402 g/mol. The second-order valence-corrected chi connectivity index (χ2v) is 7.40. The van der Waals surface area contributed by atoms with E-state index in [0.29, 0.717) is 17.0 Å². The van der Waals surface area contributed by atoms with E-state index in [1.807, 2.05) is 0 Å². The SMILES string of the molecule is CC[C@H]1CCc2sc(C(=O)NN=Cc3c(F)c(F)c(F)c(F)c3F)cc2C1. The Morgan fingerprint density at radius 2 is 1.81 bits per heavy atom. The number of amides is 1. The molecular formula is C18H15F5N2OS. The molecule has 1 atom stereocenters. The monoisotopic (exact) mass is 402 g/mol. The highest BCUT2D eigenvalue weighted by molar-refractivity contribution is 7.14. The molecule has 1 heterocycles. The van der Waals surface area contributed by atoms with Crippen molar-refractivity contribution in [2.45, 2.75) is 32.6 Å². The van der Waals surface area contributed by atoms with Gasteiger partial charge in [0.2, 0.25) is 5.82 Å². The van der Waals surface area contributed by atoms with Crippen LogP contribution >= 0.6 is 11.3 Å². The molecule has 0 radical (unpaired) electrons. The van der Waals surface area contributed by atoms with Gasteiger partial charge in [0.15, 0.2) is 23.3 Å². The second kappa shape index (κ2) is 7.75. The van der Waals surface area contributed by atoms with Gasteiger partial charge in [-0.1, -0.05) is 13.3 Å². The number of carbonyl (C=O) groups excluding carboxylic acids is 1. The Morgan fingerprint density at radius 3 is 2.44 bits per heavy atom. The third kappa shape index (κ3) is 3.73. The number of hydrazone groups is 1. The van der Waals surface area contributed by atoms with Crippen LogP contribution in [0.4, 0.5) is 22.0 Å². The van der Waals surface area contributed by atoms with Gasteiger partial charge in [0, 0.05) is 4.88 Å². The van der Waals surface area contributed by atoms with Crippen molar-refractivity contribution >= 4 is 23.5 Å². The molecule has 144 valence electrons. The number of nitrogens with one attached hydrogen (secondary N) is 1. The van der Waals surface area contributed by atoms with Crippen molar-refractivity contribution in [1.29, 1.82) is 0 Å². The Balaban J connectivity index is 1.75. The summed E-state index contributed by atoms with van der Waals surface area (Å²) in [5, 5.41) is 3.34. The summed E-state index contributed by atoms with van der Waals surface area (Å²) in [5.41, 5.74) is 1.94. The molecule has 1 N–H and O–H groups in total. The van der Waals surface area contributed by atoms with E-state index in [2.05, 4.69) is 17.5 Å². The first-order chi connectivity index (χ1) is 12.8. The molecule has 1 aromatic heterocycles. The summed E-state index contributed by atoms with van der Waals surface area (Å²) in [6.07, 6.45) is 4.30. The maximum absolute atomic E-state index is 13.6. The van der Waals surface area contributed by atoms with Crippen LogP contribution in [0.15, 0.2) is 11.2 Å². The van der Waals surface area contributed by atoms with Gasteiger partial charge >= 0.3 is 0 Å². The van der Waals surface area contributed by atoms with Crippen molar-refractivity contribution in [1.82, 2.24) is 5.43 Å². The summed E-state index contributed by atoms with van der Waals surface area (Å²) in [7, 11) is 0. The number of carbonyl (C=O) groups is 1. The molecule has 3 nitrogen and oxygen atoms in total. The van der Waals surface area contributed by atoms with E-state index in [0.717, 1.165) is 36.1 Å². The standard InChI is InChI=1S/C18H15F5N2OS/c1-2-8-3-4-11-9(5-8)6-12(27-11)18(26)25-24-7-10-13(19)15(21)17(23)16(22)14(10)20/h6-8H,2-5H2,1H3,(H,25,26)/t8-/m0/s1. The van der Waals surface area contributed by atoms with E-state index in [4.69, 9.17) is 0 Å². The lowest BCUT2D eigenvalue weighted by Gasteiger charge is -2.19. The van der Waals surface area contributed by atoms with Crippen molar-refractivity contribution in [3.05, 3.63) is 56.0 Å². The Labute approximate surface area is 155 Å². The largest absolute Gasteiger partial charge is 0.281 e. The van der Waals surface area contributed by atoms with Gasteiger partial charge in [-0.25, -0.2) is 27.4 Å². The molecule has 0 saturated heterocycles. The molecule has 2 aromatic rings. The van der Waals surface area contributed by atoms with Gasteiger partial charge in [-0.15, -0.1) is 11.3 Å². The first-order valence-electron chi connectivity index (χ1n) is 8.29. The molecule has 1 aromatic carbocycles. The summed E-state index contributed by atoms with van der Waals surface area (Å²) in [5.74, 6) is -10.4. The minimum absolute atomic E-state index is 0.381. The lowest BCUT2D eigenvalue weighted by Crippen LogP contribution is -2.17. The highest BCUT2D eigenvalue weighted by atomic mass is 32.1. The first kappa shape index (κ1) is 19.5. The lowest BCUT2D eigenvalue weighted by molar-refractivity contribution is 0.0959. The zero-order chi connectivity index (χ0) is 19.7. The second-order valence-electron chi connectivity index (χ2n) is 6.26. The predicted octanol–water partition coefficient (Wildman–Crippen LogP) is 4.72. The molecule has 0 bridgehead atoms. The highest BCUT2D eigenvalue weighted by Gasteiger charge is 2.25. The normalized spacial score (nSPS) is 16.6. The topological polar surface area (TPSA) is 41.5 Å². The number of nitrogens with zero attached hydrogens (tertiary/aromatic N) is 1. The molecule has 1 aliphatic carbocycles. The molecule has 1 aliphatic rings. The van der Waals surface area contributed by atoms with Crippen LogP contribution in [-0.2, 0) is 12.8 Å². The Morgan fingerprint density at radius 1 is 1.19 bits per heavy atom. The minimum Gasteiger partial charge on any atom is -0.266 e. The Hall–Kier alpha value is -2.29. The van der Waals surface area contributed by atoms with Crippen LogP contribution in [0.2, 0.25) is 0 Å². The summed E-state index contributed by atoms with van der Waals surface area (Å²) in [4.78, 5) is 13.7. The van der Waals surface area contributed by atoms with E-state index in [1.165, 1.54) is 11.3 Å². The maximum atomic E-state index is 13.6. The third-order valence-electron chi connectivity index (χ3n) is 4.59. The fraction of sp³-hybridized carbons (Fsp3) is 0.333. The molecule has 0 unspecified atom stereocenters. The molecular weight excluding hydrogens is 387 g/mol. The molecule has 0 aliphatic heterocycles. The van der Waals surface area contributed by atoms with Gasteiger partial charge < -0.3 is 0 Å². The number of thiophene rings is 1. The number of hydrogen-bond acceptors (Lipinski definition) is 3. The van der Waals surface area contributed by atoms with Crippen LogP contribution in [0.3, 0.4) is 0 Å². The van der Waals surface area contributed by atoms with Crippen molar-refractivity contribution in [2.24, 2.45) is 11.0 Å². The first-order valence-corrected chi connectivity index (χ1v) is 9.11. The summed E-state index contributed by atoms with van der Waals surface area (Å²) in [6, 6.07) is 1.76. The number of benzene rings is 1. The number of rotatable bonds is 4. The zero-order valence-corrected chi connectivity index (χ0v) is 15.0. The fourth-order valence-corrected chi connectivity index (χ4v) is 4.10. The van der Waals surface area contributed by atoms with Gasteiger partial charge in [0.05, 0.1) is 16.7 Å². The van der Waals surface area contributed by atoms with E-state index in [1.54, 1.807) is 6.07 Å². The molecule has 0 saturated carbocycles. The summed E-state index contributed by atoms with van der Waals surface area (Å²) < 4.78 is 66.4. The summed E-state index contributed by atoms with van der Waals surface area (Å²) in [6.45, 7) is 2.11. The van der Waals surface area contributed by atoms with Crippen molar-refractivity contribution in [3.8, 4) is 0 Å². The predicted molar refractivity (Wildman–Crippen MR) is 91.4 cm³/mol. The van der Waals surface area contributed by atoms with E-state index >= 15 is 0 Å². The van der Waals surface area contributed by atoms with Crippen LogP contribution in [0.1, 0.15) is 45.4 Å². The molecule has 0 spiro atoms. The quantitative estimate of drug-likeness (QED) is 0.260. The molecule has 27 heavy (non-hydrogen) atoms. The third-order valence-corrected chi connectivity index (χ3v) is 5.83. The van der Waals surface area contributed by atoms with Gasteiger partial charge in [0.25, 0.3) is 5.91 Å². The van der Waals surface area contributed by atoms with E-state index < -0.39 is 40.6 Å². The van der Waals surface area contributed by atoms with Crippen LogP contribution in [0.25, 0.3) is 0 Å². The zero-order valence-electron chi connectivity index (χ0n) is 14.2.